The van der Waals surface area contributed by atoms with Crippen LogP contribution in [0.5, 0.6) is 0 Å². The molecule has 17 heavy (non-hydrogen) atoms. The lowest BCUT2D eigenvalue weighted by Crippen LogP contribution is -1.92. The van der Waals surface area contributed by atoms with Crippen LogP contribution in [-0.2, 0) is 7.05 Å². The van der Waals surface area contributed by atoms with Crippen LogP contribution in [0.4, 0.5) is 5.69 Å². The van der Waals surface area contributed by atoms with Crippen LogP contribution in [0.2, 0.25) is 0 Å². The van der Waals surface area contributed by atoms with Crippen LogP contribution in [0.15, 0.2) is 31.0 Å². The van der Waals surface area contributed by atoms with Gasteiger partial charge < -0.3 is 5.32 Å². The van der Waals surface area contributed by atoms with Crippen LogP contribution in [0.1, 0.15) is 11.3 Å². The van der Waals surface area contributed by atoms with Crippen molar-refractivity contribution < 1.29 is 0 Å². The summed E-state index contributed by atoms with van der Waals surface area (Å²) in [5.74, 6) is 0. The van der Waals surface area contributed by atoms with Gasteiger partial charge in [0.05, 0.1) is 5.69 Å². The Morgan fingerprint density at radius 3 is 2.71 bits per heavy atom. The van der Waals surface area contributed by atoms with E-state index in [1.807, 2.05) is 38.0 Å². The molecule has 1 N–H and O–H groups in total. The van der Waals surface area contributed by atoms with E-state index in [-0.39, 0.29) is 0 Å². The lowest BCUT2D eigenvalue weighted by molar-refractivity contribution is 0.756. The number of aryl methyl sites for hydroxylation is 2. The average molecular weight is 227 g/mol. The maximum atomic E-state index is 4.36. The van der Waals surface area contributed by atoms with Crippen LogP contribution in [0, 0.1) is 6.92 Å². The molecule has 0 fully saturated rings. The van der Waals surface area contributed by atoms with Crippen molar-refractivity contribution in [1.29, 1.82) is 0 Å². The molecule has 1 aromatic carbocycles. The standard InChI is InChI=1S/C14H17N3/c1-5-11-6-7-12(8-14(11)15-3)13-9-17(4)16-10(13)2/h5-9,15H,1H2,2-4H3. The van der Waals surface area contributed by atoms with Crippen molar-refractivity contribution in [3.63, 3.8) is 0 Å². The van der Waals surface area contributed by atoms with Crippen LogP contribution in [0.3, 0.4) is 0 Å². The van der Waals surface area contributed by atoms with Gasteiger partial charge in [0.25, 0.3) is 0 Å². The van der Waals surface area contributed by atoms with Gasteiger partial charge in [-0.2, -0.15) is 5.10 Å². The van der Waals surface area contributed by atoms with Gasteiger partial charge in [0.2, 0.25) is 0 Å². The van der Waals surface area contributed by atoms with Crippen molar-refractivity contribution in [2.24, 2.45) is 7.05 Å². The zero-order valence-electron chi connectivity index (χ0n) is 10.5. The Hall–Kier alpha value is -2.03. The quantitative estimate of drug-likeness (QED) is 0.873. The molecule has 88 valence electrons. The summed E-state index contributed by atoms with van der Waals surface area (Å²) in [5, 5.41) is 7.55. The topological polar surface area (TPSA) is 29.9 Å². The molecule has 0 spiro atoms. The molecule has 0 bridgehead atoms. The van der Waals surface area contributed by atoms with Gasteiger partial charge in [0.1, 0.15) is 0 Å². The molecule has 0 unspecified atom stereocenters. The van der Waals surface area contributed by atoms with Crippen molar-refractivity contribution in [3.8, 4) is 11.1 Å². The van der Waals surface area contributed by atoms with E-state index in [0.29, 0.717) is 0 Å². The first-order valence-corrected chi connectivity index (χ1v) is 5.60. The molecular formula is C14H17N3. The number of aromatic nitrogens is 2. The predicted molar refractivity (Wildman–Crippen MR) is 73.0 cm³/mol. The third-order valence-corrected chi connectivity index (χ3v) is 2.87. The summed E-state index contributed by atoms with van der Waals surface area (Å²) in [6, 6.07) is 6.30. The van der Waals surface area contributed by atoms with Crippen LogP contribution < -0.4 is 5.32 Å². The molecule has 1 aromatic heterocycles. The van der Waals surface area contributed by atoms with Gasteiger partial charge >= 0.3 is 0 Å². The average Bonchev–Trinajstić information content (AvgIpc) is 2.67. The van der Waals surface area contributed by atoms with E-state index >= 15 is 0 Å². The van der Waals surface area contributed by atoms with E-state index in [9.17, 15) is 0 Å². The van der Waals surface area contributed by atoms with E-state index in [1.165, 1.54) is 11.1 Å². The van der Waals surface area contributed by atoms with Crippen LogP contribution in [-0.4, -0.2) is 16.8 Å². The predicted octanol–water partition coefficient (Wildman–Crippen LogP) is 3.08. The largest absolute Gasteiger partial charge is 0.388 e. The number of nitrogens with one attached hydrogen (secondary N) is 1. The Bertz CT molecular complexity index is 553. The van der Waals surface area contributed by atoms with Gasteiger partial charge in [-0.05, 0) is 24.1 Å². The first-order valence-electron chi connectivity index (χ1n) is 5.60. The highest BCUT2D eigenvalue weighted by Gasteiger charge is 2.07. The first-order chi connectivity index (χ1) is 8.15. The second-order valence-corrected chi connectivity index (χ2v) is 4.06. The van der Waals surface area contributed by atoms with Crippen molar-refractivity contribution >= 4 is 11.8 Å². The molecule has 2 aromatic rings. The number of hydrogen-bond acceptors (Lipinski definition) is 2. The molecule has 2 rings (SSSR count). The molecule has 0 radical (unpaired) electrons. The fraction of sp³-hybridized carbons (Fsp3) is 0.214. The Balaban J connectivity index is 2.53. The van der Waals surface area contributed by atoms with E-state index in [4.69, 9.17) is 0 Å². The smallest absolute Gasteiger partial charge is 0.0671 e. The third kappa shape index (κ3) is 2.09. The summed E-state index contributed by atoms with van der Waals surface area (Å²) >= 11 is 0. The molecule has 0 saturated carbocycles. The highest BCUT2D eigenvalue weighted by molar-refractivity contribution is 5.75. The molecule has 3 nitrogen and oxygen atoms in total. The van der Waals surface area contributed by atoms with E-state index in [0.717, 1.165) is 16.9 Å². The monoisotopic (exact) mass is 227 g/mol. The van der Waals surface area contributed by atoms with E-state index < -0.39 is 0 Å². The third-order valence-electron chi connectivity index (χ3n) is 2.87. The van der Waals surface area contributed by atoms with Crippen LogP contribution >= 0.6 is 0 Å². The maximum absolute atomic E-state index is 4.36. The van der Waals surface area contributed by atoms with Gasteiger partial charge in [-0.1, -0.05) is 24.8 Å². The summed E-state index contributed by atoms with van der Waals surface area (Å²) in [5.41, 5.74) is 5.57. The van der Waals surface area contributed by atoms with Gasteiger partial charge in [-0.3, -0.25) is 4.68 Å². The Labute approximate surface area is 102 Å². The fourth-order valence-corrected chi connectivity index (χ4v) is 2.00. The summed E-state index contributed by atoms with van der Waals surface area (Å²) < 4.78 is 1.84. The SMILES string of the molecule is C=Cc1ccc(-c2cn(C)nc2C)cc1NC. The molecule has 0 aliphatic carbocycles. The second kappa shape index (κ2) is 4.45. The number of anilines is 1. The van der Waals surface area contributed by atoms with Gasteiger partial charge in [-0.25, -0.2) is 0 Å². The van der Waals surface area contributed by atoms with Crippen molar-refractivity contribution in [1.82, 2.24) is 9.78 Å². The fourth-order valence-electron chi connectivity index (χ4n) is 2.00. The maximum Gasteiger partial charge on any atom is 0.0671 e. The highest BCUT2D eigenvalue weighted by atomic mass is 15.2. The van der Waals surface area contributed by atoms with Gasteiger partial charge in [0.15, 0.2) is 0 Å². The summed E-state index contributed by atoms with van der Waals surface area (Å²) in [6.45, 7) is 5.83. The second-order valence-electron chi connectivity index (χ2n) is 4.06. The molecule has 0 aliphatic rings. The first kappa shape index (κ1) is 11.5. The molecule has 3 heteroatoms. The number of rotatable bonds is 3. The van der Waals surface area contributed by atoms with Gasteiger partial charge in [0, 0.05) is 31.5 Å². The van der Waals surface area contributed by atoms with E-state index in [1.54, 1.807) is 0 Å². The van der Waals surface area contributed by atoms with Crippen molar-refractivity contribution in [2.75, 3.05) is 12.4 Å². The molecule has 0 atom stereocenters. The van der Waals surface area contributed by atoms with E-state index in [2.05, 4.69) is 35.2 Å². The molecule has 0 aliphatic heterocycles. The Morgan fingerprint density at radius 1 is 1.41 bits per heavy atom. The van der Waals surface area contributed by atoms with Crippen LogP contribution in [0.25, 0.3) is 17.2 Å². The minimum atomic E-state index is 1.04. The lowest BCUT2D eigenvalue weighted by Gasteiger charge is -2.08. The summed E-state index contributed by atoms with van der Waals surface area (Å²) in [4.78, 5) is 0. The molecule has 0 amide bonds. The summed E-state index contributed by atoms with van der Waals surface area (Å²) in [7, 11) is 3.86. The van der Waals surface area contributed by atoms with Crippen molar-refractivity contribution in [2.45, 2.75) is 6.92 Å². The van der Waals surface area contributed by atoms with Crippen molar-refractivity contribution in [3.05, 3.63) is 42.2 Å². The Morgan fingerprint density at radius 2 is 2.18 bits per heavy atom. The number of benzene rings is 1. The molecule has 0 saturated heterocycles. The summed E-state index contributed by atoms with van der Waals surface area (Å²) in [6.07, 6.45) is 3.89. The zero-order valence-corrected chi connectivity index (χ0v) is 10.5. The Kier molecular flexibility index (Phi) is 3.00. The van der Waals surface area contributed by atoms with Gasteiger partial charge in [-0.15, -0.1) is 0 Å². The number of hydrogen-bond donors (Lipinski definition) is 1. The molecular weight excluding hydrogens is 210 g/mol. The minimum Gasteiger partial charge on any atom is -0.388 e. The zero-order chi connectivity index (χ0) is 12.4. The highest BCUT2D eigenvalue weighted by Crippen LogP contribution is 2.27. The normalized spacial score (nSPS) is 10.3. The number of nitrogens with zero attached hydrogens (tertiary/aromatic N) is 2. The minimum absolute atomic E-state index is 1.04. The lowest BCUT2D eigenvalue weighted by atomic mass is 10.0. The molecule has 1 heterocycles.